The van der Waals surface area contributed by atoms with Gasteiger partial charge in [0.25, 0.3) is 5.91 Å². The van der Waals surface area contributed by atoms with E-state index in [-0.39, 0.29) is 42.8 Å². The summed E-state index contributed by atoms with van der Waals surface area (Å²) in [5.41, 5.74) is 12.4. The summed E-state index contributed by atoms with van der Waals surface area (Å²) in [6.07, 6.45) is 9.61. The van der Waals surface area contributed by atoms with E-state index in [2.05, 4.69) is 86.5 Å². The molecule has 1 aromatic carbocycles. The minimum atomic E-state index is -0.907. The van der Waals surface area contributed by atoms with Crippen molar-refractivity contribution < 1.29 is 23.9 Å². The first kappa shape index (κ1) is 42.6. The van der Waals surface area contributed by atoms with Gasteiger partial charge in [0.15, 0.2) is 0 Å². The van der Waals surface area contributed by atoms with Crippen LogP contribution in [0.15, 0.2) is 48.2 Å². The van der Waals surface area contributed by atoms with E-state index in [0.29, 0.717) is 38.1 Å². The Hall–Kier alpha value is -5.29. The number of hydrogen-bond acceptors (Lipinski definition) is 13. The Labute approximate surface area is 377 Å². The molecule has 2 N–H and O–H groups in total. The van der Waals surface area contributed by atoms with Crippen LogP contribution in [0.5, 0.6) is 0 Å². The van der Waals surface area contributed by atoms with Crippen LogP contribution >= 0.6 is 11.3 Å². The molecule has 64 heavy (non-hydrogen) atoms. The monoisotopic (exact) mass is 886 g/mol. The number of benzene rings is 1. The van der Waals surface area contributed by atoms with E-state index in [1.807, 2.05) is 6.20 Å². The summed E-state index contributed by atoms with van der Waals surface area (Å²) in [6, 6.07) is 7.03. The molecular weight excluding hydrogens is 829 g/mol. The third-order valence-electron chi connectivity index (χ3n) is 13.8. The maximum atomic E-state index is 14.4. The molecule has 2 saturated heterocycles. The van der Waals surface area contributed by atoms with Gasteiger partial charge in [-0.1, -0.05) is 13.8 Å². The van der Waals surface area contributed by atoms with E-state index in [9.17, 15) is 14.4 Å². The number of likely N-dealkylation sites (N-methyl/N-ethyl adjacent to an activating group) is 1. The zero-order valence-electron chi connectivity index (χ0n) is 37.4. The van der Waals surface area contributed by atoms with Crippen LogP contribution in [-0.4, -0.2) is 118 Å². The standard InChI is InChI=1S/C48H58N10O5S/c1-28(62-5)41-35(21-31(25-51-41)56-17-15-55(4)16-18-56)43-36-24-48(2,3)27-63-47(61)37-10-7-14-58(54-37)46(60)38(53-45(59)34-22-33(34)44-49-11-8-12-50-44)23-40-52-39(26-64-40)30-19-29-9-6-13-57(43)42(29)32(36)20-30/h8,11-12,19-21,25-26,28,33-34,37-38,54H,6-7,9-10,13-18,22-24,27H2,1-5H3,(H,53,59)/t28-,33+,34+,37-,38-/m0/s1. The predicted octanol–water partition coefficient (Wildman–Crippen LogP) is 5.47. The molecule has 336 valence electrons. The highest BCUT2D eigenvalue weighted by molar-refractivity contribution is 7.10. The lowest BCUT2D eigenvalue weighted by atomic mass is 9.84. The number of aryl methyl sites for hydroxylation is 2. The topological polar surface area (TPSA) is 160 Å². The molecule has 1 aliphatic carbocycles. The smallest absolute Gasteiger partial charge is 0.324 e. The summed E-state index contributed by atoms with van der Waals surface area (Å²) in [4.78, 5) is 66.1. The third-order valence-corrected chi connectivity index (χ3v) is 14.7. The fraction of sp³-hybridized carbons (Fsp3) is 0.521. The summed E-state index contributed by atoms with van der Waals surface area (Å²) in [5, 5.41) is 8.55. The molecule has 4 aliphatic heterocycles. The molecular formula is C48H58N10O5S. The highest BCUT2D eigenvalue weighted by Gasteiger charge is 2.47. The number of carbonyl (C=O) groups is 3. The predicted molar refractivity (Wildman–Crippen MR) is 245 cm³/mol. The fourth-order valence-corrected chi connectivity index (χ4v) is 11.0. The average Bonchev–Trinajstić information content (AvgIpc) is 3.89. The number of nitrogens with one attached hydrogen (secondary N) is 2. The molecule has 3 fully saturated rings. The zero-order chi connectivity index (χ0) is 44.3. The molecule has 1 saturated carbocycles. The van der Waals surface area contributed by atoms with Crippen molar-refractivity contribution >= 4 is 45.7 Å². The summed E-state index contributed by atoms with van der Waals surface area (Å²) < 4.78 is 14.7. The van der Waals surface area contributed by atoms with Gasteiger partial charge in [-0.05, 0) is 87.9 Å². The number of ether oxygens (including phenoxy) is 2. The zero-order valence-corrected chi connectivity index (χ0v) is 38.2. The number of hydrazine groups is 1. The number of hydrogen-bond donors (Lipinski definition) is 2. The van der Waals surface area contributed by atoms with Crippen molar-refractivity contribution in [3.05, 3.63) is 75.9 Å². The Morgan fingerprint density at radius 2 is 1.86 bits per heavy atom. The van der Waals surface area contributed by atoms with Crippen LogP contribution in [0.1, 0.15) is 86.1 Å². The Bertz CT molecular complexity index is 2590. The van der Waals surface area contributed by atoms with Gasteiger partial charge in [0.05, 0.1) is 52.2 Å². The van der Waals surface area contributed by atoms with Gasteiger partial charge < -0.3 is 29.2 Å². The van der Waals surface area contributed by atoms with Crippen LogP contribution < -0.4 is 15.6 Å². The summed E-state index contributed by atoms with van der Waals surface area (Å²) in [5.74, 6) is -0.713. The molecule has 5 aliphatic rings. The number of esters is 1. The molecule has 8 heterocycles. The molecule has 2 amide bonds. The second kappa shape index (κ2) is 17.3. The molecule has 6 bridgehead atoms. The number of amides is 2. The first-order chi connectivity index (χ1) is 30.9. The van der Waals surface area contributed by atoms with Crippen LogP contribution in [-0.2, 0) is 49.7 Å². The Kier molecular flexibility index (Phi) is 11.5. The van der Waals surface area contributed by atoms with Crippen molar-refractivity contribution in [2.75, 3.05) is 58.4 Å². The van der Waals surface area contributed by atoms with E-state index in [1.165, 1.54) is 33.0 Å². The highest BCUT2D eigenvalue weighted by Crippen LogP contribution is 2.47. The molecule has 0 radical (unpaired) electrons. The quantitative estimate of drug-likeness (QED) is 0.199. The maximum Gasteiger partial charge on any atom is 0.324 e. The molecule has 4 aromatic heterocycles. The van der Waals surface area contributed by atoms with Crippen molar-refractivity contribution in [2.45, 2.75) is 96.4 Å². The van der Waals surface area contributed by atoms with Crippen LogP contribution in [0.3, 0.4) is 0 Å². The maximum absolute atomic E-state index is 14.4. The van der Waals surface area contributed by atoms with Gasteiger partial charge in [-0.2, -0.15) is 0 Å². The molecule has 5 atom stereocenters. The van der Waals surface area contributed by atoms with Crippen LogP contribution in [0, 0.1) is 11.3 Å². The Balaban J connectivity index is 1.08. The van der Waals surface area contributed by atoms with Crippen molar-refractivity contribution in [1.82, 2.24) is 45.2 Å². The highest BCUT2D eigenvalue weighted by atomic mass is 32.1. The number of methoxy groups -OCH3 is 1. The van der Waals surface area contributed by atoms with Gasteiger partial charge in [-0.3, -0.25) is 24.4 Å². The molecule has 15 nitrogen and oxygen atoms in total. The van der Waals surface area contributed by atoms with Crippen LogP contribution in [0.2, 0.25) is 0 Å². The first-order valence-corrected chi connectivity index (χ1v) is 23.7. The Morgan fingerprint density at radius 1 is 1.05 bits per heavy atom. The minimum absolute atomic E-state index is 0.0955. The van der Waals surface area contributed by atoms with Crippen molar-refractivity contribution in [1.29, 1.82) is 0 Å². The van der Waals surface area contributed by atoms with Gasteiger partial charge in [0, 0.05) is 104 Å². The largest absolute Gasteiger partial charge is 0.464 e. The lowest BCUT2D eigenvalue weighted by molar-refractivity contribution is -0.155. The third kappa shape index (κ3) is 8.29. The number of carbonyl (C=O) groups excluding carboxylic acids is 3. The number of aromatic nitrogens is 5. The van der Waals surface area contributed by atoms with E-state index < -0.39 is 23.5 Å². The normalized spacial score (nSPS) is 24.3. The molecule has 5 aromatic rings. The number of piperazine rings is 1. The van der Waals surface area contributed by atoms with Crippen molar-refractivity contribution in [3.63, 3.8) is 0 Å². The molecule has 10 rings (SSSR count). The Morgan fingerprint density at radius 3 is 2.66 bits per heavy atom. The second-order valence-electron chi connectivity index (χ2n) is 19.1. The number of cyclic esters (lactones) is 1. The number of rotatable bonds is 7. The number of thiazole rings is 1. The van der Waals surface area contributed by atoms with Gasteiger partial charge >= 0.3 is 5.97 Å². The minimum Gasteiger partial charge on any atom is -0.464 e. The summed E-state index contributed by atoms with van der Waals surface area (Å²) in [7, 11) is 3.91. The van der Waals surface area contributed by atoms with Crippen LogP contribution in [0.25, 0.3) is 33.4 Å². The van der Waals surface area contributed by atoms with E-state index >= 15 is 0 Å². The number of anilines is 1. The summed E-state index contributed by atoms with van der Waals surface area (Å²) in [6.45, 7) is 11.6. The second-order valence-corrected chi connectivity index (χ2v) is 20.1. The van der Waals surface area contributed by atoms with E-state index in [4.69, 9.17) is 19.4 Å². The van der Waals surface area contributed by atoms with Crippen molar-refractivity contribution in [3.8, 4) is 22.5 Å². The first-order valence-electron chi connectivity index (χ1n) is 22.9. The van der Waals surface area contributed by atoms with Gasteiger partial charge in [0.2, 0.25) is 5.91 Å². The molecule has 0 spiro atoms. The number of nitrogens with zero attached hydrogens (tertiary/aromatic N) is 8. The molecule has 0 unspecified atom stereocenters. The van der Waals surface area contributed by atoms with E-state index in [0.717, 1.165) is 89.9 Å². The number of fused-ring (bicyclic) bond motifs is 6. The number of pyridine rings is 1. The van der Waals surface area contributed by atoms with Gasteiger partial charge in [-0.15, -0.1) is 11.3 Å². The van der Waals surface area contributed by atoms with Crippen LogP contribution in [0.4, 0.5) is 5.69 Å². The van der Waals surface area contributed by atoms with Gasteiger partial charge in [0.1, 0.15) is 17.9 Å². The van der Waals surface area contributed by atoms with E-state index in [1.54, 1.807) is 25.6 Å². The molecule has 16 heteroatoms. The fourth-order valence-electron chi connectivity index (χ4n) is 10.1. The van der Waals surface area contributed by atoms with Crippen molar-refractivity contribution in [2.24, 2.45) is 11.3 Å². The lowest BCUT2D eigenvalue weighted by Gasteiger charge is -2.35. The SMILES string of the molecule is CO[C@@H](C)c1ncc(N2CCN(C)CC2)cc1-c1c2c3cc(cc4c3n1CCC4)-c1csc(n1)C[C@H](NC(=O)[C@@H]1C[C@H]1c1ncccn1)C(=O)N1CCC[C@H](N1)C(=O)OCC(C)(C)C2. The average molecular weight is 887 g/mol. The lowest BCUT2D eigenvalue weighted by Crippen LogP contribution is -2.60. The summed E-state index contributed by atoms with van der Waals surface area (Å²) >= 11 is 1.49. The van der Waals surface area contributed by atoms with Gasteiger partial charge in [-0.25, -0.2) is 20.4 Å².